The molecule has 0 spiro atoms. The van der Waals surface area contributed by atoms with Crippen molar-refractivity contribution < 1.29 is 9.90 Å². The number of aromatic amines is 1. The Morgan fingerprint density at radius 2 is 1.83 bits per heavy atom. The predicted octanol–water partition coefficient (Wildman–Crippen LogP) is 3.34. The Balaban J connectivity index is 2.09. The first-order valence-electron chi connectivity index (χ1n) is 5.95. The lowest BCUT2D eigenvalue weighted by molar-refractivity contribution is -0.136. The van der Waals surface area contributed by atoms with E-state index in [1.54, 1.807) is 0 Å². The average Bonchev–Trinajstić information content (AvgIpc) is 2.74. The molecule has 2 N–H and O–H groups in total. The number of aryl methyl sites for hydroxylation is 1. The van der Waals surface area contributed by atoms with Gasteiger partial charge in [-0.15, -0.1) is 0 Å². The van der Waals surface area contributed by atoms with Gasteiger partial charge in [-0.3, -0.25) is 4.79 Å². The normalized spacial score (nSPS) is 11.1. The maximum Gasteiger partial charge on any atom is 0.303 e. The first-order valence-corrected chi connectivity index (χ1v) is 5.95. The number of aromatic nitrogens is 1. The minimum Gasteiger partial charge on any atom is -0.481 e. The Morgan fingerprint density at radius 1 is 1.06 bits per heavy atom. The summed E-state index contributed by atoms with van der Waals surface area (Å²) in [5, 5.41) is 11.1. The van der Waals surface area contributed by atoms with E-state index >= 15 is 0 Å². The van der Waals surface area contributed by atoms with Gasteiger partial charge in [0.25, 0.3) is 0 Å². The number of aliphatic carboxylic acids is 1. The van der Waals surface area contributed by atoms with Crippen LogP contribution in [0, 0.1) is 0 Å². The maximum absolute atomic E-state index is 10.6. The van der Waals surface area contributed by atoms with Gasteiger partial charge < -0.3 is 10.1 Å². The molecule has 1 heterocycles. The van der Waals surface area contributed by atoms with Crippen LogP contribution >= 0.6 is 0 Å². The van der Waals surface area contributed by atoms with Crippen molar-refractivity contribution in [2.24, 2.45) is 0 Å². The number of nitrogens with one attached hydrogen (secondary N) is 1. The van der Waals surface area contributed by atoms with E-state index < -0.39 is 5.97 Å². The Labute approximate surface area is 104 Å². The quantitative estimate of drug-likeness (QED) is 0.736. The molecule has 3 aromatic rings. The molecule has 18 heavy (non-hydrogen) atoms. The molecule has 0 atom stereocenters. The molecule has 0 aliphatic rings. The van der Waals surface area contributed by atoms with Crippen molar-refractivity contribution in [3.05, 3.63) is 48.0 Å². The lowest BCUT2D eigenvalue weighted by Gasteiger charge is -1.99. The highest BCUT2D eigenvalue weighted by atomic mass is 16.4. The average molecular weight is 239 g/mol. The smallest absolute Gasteiger partial charge is 0.303 e. The summed E-state index contributed by atoms with van der Waals surface area (Å²) >= 11 is 0. The Morgan fingerprint density at radius 3 is 2.67 bits per heavy atom. The zero-order valence-corrected chi connectivity index (χ0v) is 9.81. The summed E-state index contributed by atoms with van der Waals surface area (Å²) in [6.07, 6.45) is 0.749. The summed E-state index contributed by atoms with van der Waals surface area (Å²) in [4.78, 5) is 13.9. The van der Waals surface area contributed by atoms with E-state index in [-0.39, 0.29) is 6.42 Å². The van der Waals surface area contributed by atoms with Crippen LogP contribution in [0.15, 0.2) is 42.5 Å². The Kier molecular flexibility index (Phi) is 2.52. The number of rotatable bonds is 3. The monoisotopic (exact) mass is 239 g/mol. The van der Waals surface area contributed by atoms with Crippen molar-refractivity contribution in [1.82, 2.24) is 4.98 Å². The number of H-pyrrole nitrogens is 1. The highest BCUT2D eigenvalue weighted by molar-refractivity contribution is 6.07. The molecule has 0 saturated heterocycles. The fraction of sp³-hybridized carbons (Fsp3) is 0.133. The molecular weight excluding hydrogens is 226 g/mol. The van der Waals surface area contributed by atoms with Crippen LogP contribution in [0.5, 0.6) is 0 Å². The molecule has 0 unspecified atom stereocenters. The van der Waals surface area contributed by atoms with Crippen molar-refractivity contribution in [3.63, 3.8) is 0 Å². The summed E-state index contributed by atoms with van der Waals surface area (Å²) in [5.74, 6) is -0.756. The molecule has 1 aromatic heterocycles. The first kappa shape index (κ1) is 10.8. The van der Waals surface area contributed by atoms with Crippen molar-refractivity contribution in [2.45, 2.75) is 12.8 Å². The third-order valence-corrected chi connectivity index (χ3v) is 3.20. The van der Waals surface area contributed by atoms with Gasteiger partial charge in [-0.2, -0.15) is 0 Å². The zero-order valence-electron chi connectivity index (χ0n) is 9.81. The van der Waals surface area contributed by atoms with Gasteiger partial charge in [0.1, 0.15) is 0 Å². The summed E-state index contributed by atoms with van der Waals surface area (Å²) < 4.78 is 0. The van der Waals surface area contributed by atoms with E-state index in [1.807, 2.05) is 30.3 Å². The summed E-state index contributed by atoms with van der Waals surface area (Å²) in [5.41, 5.74) is 3.27. The molecule has 2 aromatic carbocycles. The fourth-order valence-corrected chi connectivity index (χ4v) is 2.30. The molecule has 90 valence electrons. The minimum absolute atomic E-state index is 0.174. The van der Waals surface area contributed by atoms with Gasteiger partial charge in [0, 0.05) is 28.2 Å². The minimum atomic E-state index is -0.756. The summed E-state index contributed by atoms with van der Waals surface area (Å²) in [7, 11) is 0. The number of carboxylic acids is 1. The second-order valence-corrected chi connectivity index (χ2v) is 4.44. The van der Waals surface area contributed by atoms with Gasteiger partial charge >= 0.3 is 5.97 Å². The Bertz CT molecular complexity index is 728. The van der Waals surface area contributed by atoms with Crippen molar-refractivity contribution in [3.8, 4) is 0 Å². The van der Waals surface area contributed by atoms with Crippen LogP contribution in [0.3, 0.4) is 0 Å². The van der Waals surface area contributed by atoms with Crippen molar-refractivity contribution in [1.29, 1.82) is 0 Å². The van der Waals surface area contributed by atoms with Gasteiger partial charge in [0.05, 0.1) is 0 Å². The summed E-state index contributed by atoms with van der Waals surface area (Å²) in [6.45, 7) is 0. The molecular formula is C15H13NO2. The number of carbonyl (C=O) groups is 1. The second kappa shape index (κ2) is 4.18. The van der Waals surface area contributed by atoms with E-state index in [0.29, 0.717) is 6.42 Å². The number of hydrogen-bond donors (Lipinski definition) is 2. The van der Waals surface area contributed by atoms with Crippen LogP contribution < -0.4 is 0 Å². The molecule has 0 fully saturated rings. The van der Waals surface area contributed by atoms with Crippen LogP contribution in [0.25, 0.3) is 21.8 Å². The molecule has 3 rings (SSSR count). The van der Waals surface area contributed by atoms with E-state index in [0.717, 1.165) is 22.0 Å². The lowest BCUT2D eigenvalue weighted by Crippen LogP contribution is -1.97. The predicted molar refractivity (Wildman–Crippen MR) is 71.8 cm³/mol. The lowest BCUT2D eigenvalue weighted by atomic mass is 10.1. The molecule has 0 amide bonds. The van der Waals surface area contributed by atoms with E-state index in [4.69, 9.17) is 5.11 Å². The Hall–Kier alpha value is -2.29. The largest absolute Gasteiger partial charge is 0.481 e. The number of hydrogen-bond acceptors (Lipinski definition) is 1. The topological polar surface area (TPSA) is 53.1 Å². The number of benzene rings is 2. The van der Waals surface area contributed by atoms with Gasteiger partial charge in [-0.25, -0.2) is 0 Å². The highest BCUT2D eigenvalue weighted by Gasteiger charge is 2.05. The molecule has 0 radical (unpaired) electrons. The standard InChI is InChI=1S/C15H13NO2/c17-15(18)8-6-10-5-7-14-12(9-10)11-3-1-2-4-13(11)16-14/h1-5,7,9,16H,6,8H2,(H,17,18). The van der Waals surface area contributed by atoms with E-state index in [1.165, 1.54) is 5.39 Å². The van der Waals surface area contributed by atoms with Crippen LogP contribution in [-0.2, 0) is 11.2 Å². The van der Waals surface area contributed by atoms with Crippen LogP contribution in [0.4, 0.5) is 0 Å². The zero-order chi connectivity index (χ0) is 12.5. The first-order chi connectivity index (χ1) is 8.74. The molecule has 3 nitrogen and oxygen atoms in total. The number of fused-ring (bicyclic) bond motifs is 3. The molecule has 3 heteroatoms. The van der Waals surface area contributed by atoms with Crippen molar-refractivity contribution >= 4 is 27.8 Å². The SMILES string of the molecule is O=C(O)CCc1ccc2[nH]c3ccccc3c2c1. The fourth-order valence-electron chi connectivity index (χ4n) is 2.30. The van der Waals surface area contributed by atoms with Crippen molar-refractivity contribution in [2.75, 3.05) is 0 Å². The van der Waals surface area contributed by atoms with Crippen LogP contribution in [-0.4, -0.2) is 16.1 Å². The van der Waals surface area contributed by atoms with Gasteiger partial charge in [-0.1, -0.05) is 24.3 Å². The van der Waals surface area contributed by atoms with Gasteiger partial charge in [0.15, 0.2) is 0 Å². The maximum atomic E-state index is 10.6. The van der Waals surface area contributed by atoms with Gasteiger partial charge in [0.2, 0.25) is 0 Å². The van der Waals surface area contributed by atoms with Gasteiger partial charge in [-0.05, 0) is 30.2 Å². The third kappa shape index (κ3) is 1.84. The second-order valence-electron chi connectivity index (χ2n) is 4.44. The number of para-hydroxylation sites is 1. The highest BCUT2D eigenvalue weighted by Crippen LogP contribution is 2.26. The van der Waals surface area contributed by atoms with E-state index in [2.05, 4.69) is 17.1 Å². The van der Waals surface area contributed by atoms with E-state index in [9.17, 15) is 4.79 Å². The molecule has 0 saturated carbocycles. The van der Waals surface area contributed by atoms with Crippen LogP contribution in [0.1, 0.15) is 12.0 Å². The van der Waals surface area contributed by atoms with Crippen LogP contribution in [0.2, 0.25) is 0 Å². The summed E-state index contributed by atoms with van der Waals surface area (Å²) in [6, 6.07) is 14.2. The molecule has 0 bridgehead atoms. The third-order valence-electron chi connectivity index (χ3n) is 3.20. The number of carboxylic acid groups (broad SMARTS) is 1. The molecule has 0 aliphatic heterocycles. The molecule has 0 aliphatic carbocycles.